The van der Waals surface area contributed by atoms with Crippen LogP contribution in [0, 0.1) is 0 Å². The first-order valence-electron chi connectivity index (χ1n) is 9.28. The molecule has 146 valence electrons. The number of carbonyl (C=O) groups excluding carboxylic acids is 3. The summed E-state index contributed by atoms with van der Waals surface area (Å²) in [6, 6.07) is 5.59. The number of amides is 3. The van der Waals surface area contributed by atoms with Gasteiger partial charge in [0.2, 0.25) is 17.7 Å². The van der Waals surface area contributed by atoms with E-state index in [1.807, 2.05) is 18.2 Å². The van der Waals surface area contributed by atoms with Crippen LogP contribution in [-0.2, 0) is 47.5 Å². The predicted octanol–water partition coefficient (Wildman–Crippen LogP) is -0.205. The molecule has 1 aromatic carbocycles. The fourth-order valence-corrected chi connectivity index (χ4v) is 3.64. The summed E-state index contributed by atoms with van der Waals surface area (Å²) in [7, 11) is 1.76. The summed E-state index contributed by atoms with van der Waals surface area (Å²) in [5, 5.41) is 13.3. The molecule has 0 aliphatic carbocycles. The van der Waals surface area contributed by atoms with E-state index in [-0.39, 0.29) is 24.1 Å². The molecule has 4 rings (SSSR count). The fraction of sp³-hybridized carbons (Fsp3) is 0.421. The fourth-order valence-electron chi connectivity index (χ4n) is 3.64. The maximum atomic E-state index is 12.6. The average Bonchev–Trinajstić information content (AvgIpc) is 3.38. The van der Waals surface area contributed by atoms with E-state index in [0.717, 1.165) is 16.7 Å². The molecule has 2 aromatic rings. The molecule has 0 spiro atoms. The van der Waals surface area contributed by atoms with E-state index >= 15 is 0 Å². The van der Waals surface area contributed by atoms with Crippen molar-refractivity contribution in [2.24, 2.45) is 7.05 Å². The monoisotopic (exact) mass is 382 g/mol. The molecule has 0 radical (unpaired) electrons. The highest BCUT2D eigenvalue weighted by atomic mass is 16.2. The van der Waals surface area contributed by atoms with Gasteiger partial charge in [-0.25, -0.2) is 0 Å². The molecular formula is C19H22N6O3. The first-order valence-corrected chi connectivity index (χ1v) is 9.28. The van der Waals surface area contributed by atoms with Crippen molar-refractivity contribution < 1.29 is 14.4 Å². The van der Waals surface area contributed by atoms with Gasteiger partial charge in [-0.3, -0.25) is 19.1 Å². The molecule has 3 heterocycles. The number of carbonyl (C=O) groups is 3. The van der Waals surface area contributed by atoms with E-state index in [0.29, 0.717) is 38.2 Å². The number of fused-ring (bicyclic) bond motifs is 1. The van der Waals surface area contributed by atoms with Gasteiger partial charge in [-0.1, -0.05) is 23.4 Å². The zero-order valence-electron chi connectivity index (χ0n) is 15.6. The molecule has 0 bridgehead atoms. The number of rotatable bonds is 5. The van der Waals surface area contributed by atoms with E-state index in [2.05, 4.69) is 20.9 Å². The van der Waals surface area contributed by atoms with Gasteiger partial charge in [0.1, 0.15) is 6.04 Å². The third-order valence-corrected chi connectivity index (χ3v) is 5.08. The Morgan fingerprint density at radius 2 is 2.11 bits per heavy atom. The standard InChI is InChI=1S/C19H22N6O3/c1-24-11-15(22-23-24)7-18(27)20-8-12-2-3-13-9-25(10-14(13)6-12)19(28)16-4-5-17(26)21-16/h2-3,6,11,16H,4-5,7-10H2,1H3,(H,20,27)(H,21,26)/t16-/m0/s1. The first-order chi connectivity index (χ1) is 13.5. The van der Waals surface area contributed by atoms with E-state index in [1.54, 1.807) is 22.8 Å². The predicted molar refractivity (Wildman–Crippen MR) is 98.4 cm³/mol. The van der Waals surface area contributed by atoms with Gasteiger partial charge in [0, 0.05) is 39.3 Å². The molecule has 1 aromatic heterocycles. The Labute approximate surface area is 162 Å². The minimum atomic E-state index is -0.401. The van der Waals surface area contributed by atoms with Crippen molar-refractivity contribution in [1.82, 2.24) is 30.5 Å². The van der Waals surface area contributed by atoms with Crippen LogP contribution in [0.1, 0.15) is 35.2 Å². The molecule has 1 atom stereocenters. The molecule has 2 aliphatic heterocycles. The van der Waals surface area contributed by atoms with Gasteiger partial charge in [0.15, 0.2) is 0 Å². The highest BCUT2D eigenvalue weighted by molar-refractivity contribution is 5.91. The molecule has 0 saturated carbocycles. The summed E-state index contributed by atoms with van der Waals surface area (Å²) in [6.45, 7) is 1.50. The lowest BCUT2D eigenvalue weighted by Crippen LogP contribution is -2.42. The Morgan fingerprint density at radius 1 is 1.29 bits per heavy atom. The van der Waals surface area contributed by atoms with Gasteiger partial charge >= 0.3 is 0 Å². The summed E-state index contributed by atoms with van der Waals surface area (Å²) in [5.74, 6) is -0.203. The zero-order valence-corrected chi connectivity index (χ0v) is 15.6. The van der Waals surface area contributed by atoms with Crippen LogP contribution in [0.4, 0.5) is 0 Å². The number of hydrogen-bond donors (Lipinski definition) is 2. The number of nitrogens with zero attached hydrogens (tertiary/aromatic N) is 4. The Hall–Kier alpha value is -3.23. The summed E-state index contributed by atoms with van der Waals surface area (Å²) >= 11 is 0. The van der Waals surface area contributed by atoms with Gasteiger partial charge in [-0.2, -0.15) is 0 Å². The number of aromatic nitrogens is 3. The molecule has 28 heavy (non-hydrogen) atoms. The molecule has 3 amide bonds. The lowest BCUT2D eigenvalue weighted by Gasteiger charge is -2.19. The Kier molecular flexibility index (Phi) is 4.81. The number of hydrogen-bond acceptors (Lipinski definition) is 5. The molecule has 1 fully saturated rings. The van der Waals surface area contributed by atoms with Crippen LogP contribution < -0.4 is 10.6 Å². The number of aryl methyl sites for hydroxylation is 1. The topological polar surface area (TPSA) is 109 Å². The highest BCUT2D eigenvalue weighted by Crippen LogP contribution is 2.25. The minimum absolute atomic E-state index is 0.0270. The summed E-state index contributed by atoms with van der Waals surface area (Å²) in [5.41, 5.74) is 3.79. The third-order valence-electron chi connectivity index (χ3n) is 5.08. The van der Waals surface area contributed by atoms with E-state index in [1.165, 1.54) is 0 Å². The van der Waals surface area contributed by atoms with Crippen LogP contribution in [0.3, 0.4) is 0 Å². The van der Waals surface area contributed by atoms with Crippen molar-refractivity contribution >= 4 is 17.7 Å². The van der Waals surface area contributed by atoms with Crippen LogP contribution in [0.15, 0.2) is 24.4 Å². The van der Waals surface area contributed by atoms with Crippen molar-refractivity contribution in [1.29, 1.82) is 0 Å². The van der Waals surface area contributed by atoms with Crippen LogP contribution in [0.5, 0.6) is 0 Å². The molecule has 9 nitrogen and oxygen atoms in total. The lowest BCUT2D eigenvalue weighted by molar-refractivity contribution is -0.134. The molecule has 1 saturated heterocycles. The number of benzene rings is 1. The second-order valence-corrected chi connectivity index (χ2v) is 7.29. The van der Waals surface area contributed by atoms with Crippen LogP contribution >= 0.6 is 0 Å². The van der Waals surface area contributed by atoms with E-state index < -0.39 is 6.04 Å². The maximum Gasteiger partial charge on any atom is 0.245 e. The van der Waals surface area contributed by atoms with E-state index in [9.17, 15) is 14.4 Å². The summed E-state index contributed by atoms with van der Waals surface area (Å²) in [6.07, 6.45) is 2.88. The van der Waals surface area contributed by atoms with Gasteiger partial charge in [-0.15, -0.1) is 5.10 Å². The quantitative estimate of drug-likeness (QED) is 0.744. The van der Waals surface area contributed by atoms with Gasteiger partial charge in [0.25, 0.3) is 0 Å². The van der Waals surface area contributed by atoms with Gasteiger partial charge in [-0.05, 0) is 23.1 Å². The lowest BCUT2D eigenvalue weighted by atomic mass is 10.1. The largest absolute Gasteiger partial charge is 0.352 e. The maximum absolute atomic E-state index is 12.6. The Morgan fingerprint density at radius 3 is 2.82 bits per heavy atom. The first kappa shape index (κ1) is 18.1. The molecule has 9 heteroatoms. The summed E-state index contributed by atoms with van der Waals surface area (Å²) in [4.78, 5) is 37.8. The minimum Gasteiger partial charge on any atom is -0.352 e. The zero-order chi connectivity index (χ0) is 19.7. The highest BCUT2D eigenvalue weighted by Gasteiger charge is 2.33. The van der Waals surface area contributed by atoms with Gasteiger partial charge in [0.05, 0.1) is 12.1 Å². The third kappa shape index (κ3) is 3.88. The number of nitrogens with one attached hydrogen (secondary N) is 2. The molecule has 0 unspecified atom stereocenters. The van der Waals surface area contributed by atoms with Crippen molar-refractivity contribution in [3.63, 3.8) is 0 Å². The van der Waals surface area contributed by atoms with Crippen molar-refractivity contribution in [3.8, 4) is 0 Å². The molecule has 2 N–H and O–H groups in total. The normalized spacial score (nSPS) is 18.1. The van der Waals surface area contributed by atoms with Crippen molar-refractivity contribution in [2.75, 3.05) is 0 Å². The Balaban J connectivity index is 1.32. The van der Waals surface area contributed by atoms with Crippen molar-refractivity contribution in [2.45, 2.75) is 44.9 Å². The van der Waals surface area contributed by atoms with Crippen LogP contribution in [0.2, 0.25) is 0 Å². The Bertz CT molecular complexity index is 938. The van der Waals surface area contributed by atoms with Crippen LogP contribution in [0.25, 0.3) is 0 Å². The molecule has 2 aliphatic rings. The SMILES string of the molecule is Cn1cc(CC(=O)NCc2ccc3c(c2)CN(C(=O)[C@@H]2CCC(=O)N2)C3)nn1. The second kappa shape index (κ2) is 7.41. The second-order valence-electron chi connectivity index (χ2n) is 7.29. The summed E-state index contributed by atoms with van der Waals surface area (Å²) < 4.78 is 1.56. The smallest absolute Gasteiger partial charge is 0.245 e. The van der Waals surface area contributed by atoms with E-state index in [4.69, 9.17) is 0 Å². The molecular weight excluding hydrogens is 360 g/mol. The van der Waals surface area contributed by atoms with Gasteiger partial charge < -0.3 is 15.5 Å². The van der Waals surface area contributed by atoms with Crippen LogP contribution in [-0.4, -0.2) is 43.7 Å². The average molecular weight is 382 g/mol. The van der Waals surface area contributed by atoms with Crippen molar-refractivity contribution in [3.05, 3.63) is 46.8 Å².